The molecule has 0 heterocycles. The Morgan fingerprint density at radius 2 is 2.38 bits per heavy atom. The SMILES string of the molecule is COc1cc(C#N)ccc1NC=O. The number of benzene rings is 1. The molecule has 0 bridgehead atoms. The Labute approximate surface area is 75.7 Å². The van der Waals surface area contributed by atoms with Crippen molar-refractivity contribution in [3.8, 4) is 11.8 Å². The first kappa shape index (κ1) is 9.07. The number of anilines is 1. The molecule has 1 aromatic rings. The number of ether oxygens (including phenoxy) is 1. The molecule has 1 amide bonds. The molecule has 0 atom stereocenters. The third kappa shape index (κ3) is 1.97. The van der Waals surface area contributed by atoms with Crippen molar-refractivity contribution < 1.29 is 9.53 Å². The number of nitrogens with one attached hydrogen (secondary N) is 1. The molecule has 66 valence electrons. The van der Waals surface area contributed by atoms with Crippen molar-refractivity contribution in [3.63, 3.8) is 0 Å². The molecule has 0 saturated carbocycles. The lowest BCUT2D eigenvalue weighted by atomic mass is 10.2. The first-order valence-corrected chi connectivity index (χ1v) is 3.60. The molecule has 0 spiro atoms. The highest BCUT2D eigenvalue weighted by molar-refractivity contribution is 5.75. The molecule has 0 saturated heterocycles. The lowest BCUT2D eigenvalue weighted by Crippen LogP contribution is -1.97. The Balaban J connectivity index is 3.09. The van der Waals surface area contributed by atoms with Crippen LogP contribution in [0.3, 0.4) is 0 Å². The van der Waals surface area contributed by atoms with Gasteiger partial charge >= 0.3 is 0 Å². The lowest BCUT2D eigenvalue weighted by molar-refractivity contribution is -0.105. The van der Waals surface area contributed by atoms with E-state index >= 15 is 0 Å². The maximum absolute atomic E-state index is 10.2. The maximum atomic E-state index is 10.2. The zero-order valence-electron chi connectivity index (χ0n) is 7.07. The van der Waals surface area contributed by atoms with Gasteiger partial charge in [-0.05, 0) is 12.1 Å². The van der Waals surface area contributed by atoms with Crippen molar-refractivity contribution in [2.45, 2.75) is 0 Å². The summed E-state index contributed by atoms with van der Waals surface area (Å²) in [4.78, 5) is 10.2. The second-order valence-corrected chi connectivity index (χ2v) is 2.29. The van der Waals surface area contributed by atoms with Crippen molar-refractivity contribution >= 4 is 12.1 Å². The number of nitrogens with zero attached hydrogens (tertiary/aromatic N) is 1. The average Bonchev–Trinajstić information content (AvgIpc) is 2.19. The zero-order valence-corrected chi connectivity index (χ0v) is 7.07. The van der Waals surface area contributed by atoms with Crippen LogP contribution in [0.15, 0.2) is 18.2 Å². The average molecular weight is 176 g/mol. The van der Waals surface area contributed by atoms with Gasteiger partial charge in [-0.1, -0.05) is 0 Å². The molecule has 0 unspecified atom stereocenters. The molecule has 0 fully saturated rings. The number of methoxy groups -OCH3 is 1. The summed E-state index contributed by atoms with van der Waals surface area (Å²) in [6.07, 6.45) is 0.559. The number of amides is 1. The van der Waals surface area contributed by atoms with E-state index in [9.17, 15) is 4.79 Å². The van der Waals surface area contributed by atoms with Crippen LogP contribution in [0.2, 0.25) is 0 Å². The largest absolute Gasteiger partial charge is 0.495 e. The second-order valence-electron chi connectivity index (χ2n) is 2.29. The summed E-state index contributed by atoms with van der Waals surface area (Å²) in [6.45, 7) is 0. The first-order valence-electron chi connectivity index (χ1n) is 3.60. The van der Waals surface area contributed by atoms with Gasteiger partial charge in [0.05, 0.1) is 24.4 Å². The van der Waals surface area contributed by atoms with E-state index in [1.807, 2.05) is 6.07 Å². The highest BCUT2D eigenvalue weighted by atomic mass is 16.5. The fraction of sp³-hybridized carbons (Fsp3) is 0.111. The predicted octanol–water partition coefficient (Wildman–Crippen LogP) is 1.14. The fourth-order valence-corrected chi connectivity index (χ4v) is 0.943. The van der Waals surface area contributed by atoms with Crippen LogP contribution >= 0.6 is 0 Å². The van der Waals surface area contributed by atoms with Crippen molar-refractivity contribution in [2.24, 2.45) is 0 Å². The predicted molar refractivity (Wildman–Crippen MR) is 47.4 cm³/mol. The minimum atomic E-state index is 0.478. The van der Waals surface area contributed by atoms with Gasteiger partial charge in [0, 0.05) is 6.07 Å². The molecular weight excluding hydrogens is 168 g/mol. The molecule has 4 nitrogen and oxygen atoms in total. The number of hydrogen-bond acceptors (Lipinski definition) is 3. The molecule has 1 aromatic carbocycles. The lowest BCUT2D eigenvalue weighted by Gasteiger charge is -2.06. The summed E-state index contributed by atoms with van der Waals surface area (Å²) in [7, 11) is 1.48. The van der Waals surface area contributed by atoms with Crippen molar-refractivity contribution in [1.82, 2.24) is 0 Å². The van der Waals surface area contributed by atoms with Crippen LogP contribution in [0, 0.1) is 11.3 Å². The third-order valence-corrected chi connectivity index (χ3v) is 1.55. The second kappa shape index (κ2) is 4.12. The van der Waals surface area contributed by atoms with Crippen LogP contribution in [-0.4, -0.2) is 13.5 Å². The summed E-state index contributed by atoms with van der Waals surface area (Å²) in [5.41, 5.74) is 1.05. The summed E-state index contributed by atoms with van der Waals surface area (Å²) < 4.78 is 4.97. The molecule has 0 aromatic heterocycles. The molecule has 1 N–H and O–H groups in total. The van der Waals surface area contributed by atoms with E-state index < -0.39 is 0 Å². The molecular formula is C9H8N2O2. The highest BCUT2D eigenvalue weighted by Gasteiger charge is 2.02. The van der Waals surface area contributed by atoms with Crippen LogP contribution in [0.25, 0.3) is 0 Å². The Morgan fingerprint density at radius 3 is 2.92 bits per heavy atom. The quantitative estimate of drug-likeness (QED) is 0.702. The van der Waals surface area contributed by atoms with Crippen molar-refractivity contribution in [3.05, 3.63) is 23.8 Å². The summed E-state index contributed by atoms with van der Waals surface area (Å²) in [5, 5.41) is 11.0. The first-order chi connectivity index (χ1) is 6.31. The van der Waals surface area contributed by atoms with Gasteiger partial charge in [0.25, 0.3) is 0 Å². The number of rotatable bonds is 3. The Kier molecular flexibility index (Phi) is 2.87. The van der Waals surface area contributed by atoms with Gasteiger partial charge < -0.3 is 10.1 Å². The smallest absolute Gasteiger partial charge is 0.211 e. The Bertz CT molecular complexity index is 355. The van der Waals surface area contributed by atoms with E-state index in [0.29, 0.717) is 23.4 Å². The normalized spacial score (nSPS) is 8.62. The van der Waals surface area contributed by atoms with E-state index in [4.69, 9.17) is 10.00 Å². The van der Waals surface area contributed by atoms with E-state index in [0.717, 1.165) is 0 Å². The van der Waals surface area contributed by atoms with Gasteiger partial charge in [-0.2, -0.15) is 5.26 Å². The van der Waals surface area contributed by atoms with Crippen LogP contribution in [0.1, 0.15) is 5.56 Å². The minimum Gasteiger partial charge on any atom is -0.495 e. The monoisotopic (exact) mass is 176 g/mol. The maximum Gasteiger partial charge on any atom is 0.211 e. The van der Waals surface area contributed by atoms with Crippen LogP contribution in [0.4, 0.5) is 5.69 Å². The number of nitriles is 1. The van der Waals surface area contributed by atoms with Gasteiger partial charge in [0.1, 0.15) is 5.75 Å². The van der Waals surface area contributed by atoms with Gasteiger partial charge in [0.15, 0.2) is 0 Å². The zero-order chi connectivity index (χ0) is 9.68. The summed E-state index contributed by atoms with van der Waals surface area (Å²) >= 11 is 0. The van der Waals surface area contributed by atoms with Gasteiger partial charge in [-0.15, -0.1) is 0 Å². The Hall–Kier alpha value is -2.02. The number of carbonyl (C=O) groups is 1. The van der Waals surface area contributed by atoms with E-state index in [2.05, 4.69) is 5.32 Å². The van der Waals surface area contributed by atoms with Crippen LogP contribution in [-0.2, 0) is 4.79 Å². The molecule has 0 aliphatic carbocycles. The van der Waals surface area contributed by atoms with Crippen LogP contribution < -0.4 is 10.1 Å². The third-order valence-electron chi connectivity index (χ3n) is 1.55. The van der Waals surface area contributed by atoms with E-state index in [-0.39, 0.29) is 0 Å². The van der Waals surface area contributed by atoms with Gasteiger partial charge in [-0.25, -0.2) is 0 Å². The molecule has 4 heteroatoms. The summed E-state index contributed by atoms with van der Waals surface area (Å²) in [6, 6.07) is 6.76. The standard InChI is InChI=1S/C9H8N2O2/c1-13-9-4-7(5-10)2-3-8(9)11-6-12/h2-4,6H,1H3,(H,11,12). The van der Waals surface area contributed by atoms with Crippen LogP contribution in [0.5, 0.6) is 5.75 Å². The molecule has 13 heavy (non-hydrogen) atoms. The molecule has 1 rings (SSSR count). The fourth-order valence-electron chi connectivity index (χ4n) is 0.943. The van der Waals surface area contributed by atoms with Gasteiger partial charge in [0.2, 0.25) is 6.41 Å². The Morgan fingerprint density at radius 1 is 1.62 bits per heavy atom. The molecule has 0 radical (unpaired) electrons. The minimum absolute atomic E-state index is 0.478. The van der Waals surface area contributed by atoms with Crippen molar-refractivity contribution in [1.29, 1.82) is 5.26 Å². The summed E-state index contributed by atoms with van der Waals surface area (Å²) in [5.74, 6) is 0.478. The number of carbonyl (C=O) groups excluding carboxylic acids is 1. The number of hydrogen-bond donors (Lipinski definition) is 1. The van der Waals surface area contributed by atoms with E-state index in [1.165, 1.54) is 7.11 Å². The van der Waals surface area contributed by atoms with Gasteiger partial charge in [-0.3, -0.25) is 4.79 Å². The highest BCUT2D eigenvalue weighted by Crippen LogP contribution is 2.24. The topological polar surface area (TPSA) is 62.1 Å². The molecule has 0 aliphatic heterocycles. The van der Waals surface area contributed by atoms with E-state index in [1.54, 1.807) is 18.2 Å². The van der Waals surface area contributed by atoms with Crippen molar-refractivity contribution in [2.75, 3.05) is 12.4 Å². The molecule has 0 aliphatic rings.